The van der Waals surface area contributed by atoms with Crippen molar-refractivity contribution in [1.82, 2.24) is 9.55 Å². The summed E-state index contributed by atoms with van der Waals surface area (Å²) in [7, 11) is 0. The van der Waals surface area contributed by atoms with Crippen molar-refractivity contribution >= 4 is 22.6 Å². The molecule has 1 heterocycles. The molecule has 0 saturated heterocycles. The van der Waals surface area contributed by atoms with Gasteiger partial charge in [0.05, 0.1) is 10.9 Å². The summed E-state index contributed by atoms with van der Waals surface area (Å²) >= 11 is 6.20. The van der Waals surface area contributed by atoms with Crippen LogP contribution in [0.4, 0.5) is 8.78 Å². The molecule has 1 aromatic carbocycles. The zero-order valence-corrected chi connectivity index (χ0v) is 13.1. The Bertz CT molecular complexity index is 674. The van der Waals surface area contributed by atoms with Crippen LogP contribution < -0.4 is 0 Å². The largest absolute Gasteiger partial charge is 0.324 e. The van der Waals surface area contributed by atoms with E-state index in [1.165, 1.54) is 6.07 Å². The Balaban J connectivity index is 2.14. The van der Waals surface area contributed by atoms with Gasteiger partial charge in [0.1, 0.15) is 11.3 Å². The quantitative estimate of drug-likeness (QED) is 0.694. The van der Waals surface area contributed by atoms with E-state index in [9.17, 15) is 8.78 Å². The molecule has 3 rings (SSSR count). The van der Waals surface area contributed by atoms with E-state index in [-0.39, 0.29) is 16.3 Å². The fourth-order valence-electron chi connectivity index (χ4n) is 3.17. The van der Waals surface area contributed by atoms with Crippen LogP contribution in [0.3, 0.4) is 0 Å². The van der Waals surface area contributed by atoms with Gasteiger partial charge in [0.25, 0.3) is 0 Å². The molecule has 114 valence electrons. The summed E-state index contributed by atoms with van der Waals surface area (Å²) in [5.41, 5.74) is 0.936. The average Bonchev–Trinajstić information content (AvgIpc) is 3.08. The highest BCUT2D eigenvalue weighted by molar-refractivity contribution is 6.20. The SMILES string of the molecule is CCCC1(Cn2c(C(C)Cl)nc3ccc(F)c(F)c32)CC1. The number of imidazole rings is 1. The van der Waals surface area contributed by atoms with Crippen LogP contribution in [-0.4, -0.2) is 9.55 Å². The van der Waals surface area contributed by atoms with Gasteiger partial charge in [-0.2, -0.15) is 0 Å². The van der Waals surface area contributed by atoms with Crippen LogP contribution in [0.5, 0.6) is 0 Å². The van der Waals surface area contributed by atoms with Gasteiger partial charge in [-0.15, -0.1) is 11.6 Å². The lowest BCUT2D eigenvalue weighted by Gasteiger charge is -2.18. The summed E-state index contributed by atoms with van der Waals surface area (Å²) in [5, 5.41) is -0.336. The molecule has 1 atom stereocenters. The number of benzene rings is 1. The van der Waals surface area contributed by atoms with Gasteiger partial charge in [0.15, 0.2) is 11.6 Å². The van der Waals surface area contributed by atoms with Gasteiger partial charge in [0.2, 0.25) is 0 Å². The molecular formula is C16H19ClF2N2. The average molecular weight is 313 g/mol. The highest BCUT2D eigenvalue weighted by atomic mass is 35.5. The first-order valence-corrected chi connectivity index (χ1v) is 7.89. The first kappa shape index (κ1) is 14.8. The third kappa shape index (κ3) is 2.54. The highest BCUT2D eigenvalue weighted by Crippen LogP contribution is 2.51. The van der Waals surface area contributed by atoms with Crippen LogP contribution in [0.15, 0.2) is 12.1 Å². The minimum atomic E-state index is -0.835. The monoisotopic (exact) mass is 312 g/mol. The number of nitrogens with zero attached hydrogens (tertiary/aromatic N) is 2. The first-order valence-electron chi connectivity index (χ1n) is 7.45. The van der Waals surface area contributed by atoms with Crippen molar-refractivity contribution < 1.29 is 8.78 Å². The molecule has 1 aromatic heterocycles. The predicted octanol–water partition coefficient (Wildman–Crippen LogP) is 5.19. The van der Waals surface area contributed by atoms with E-state index in [2.05, 4.69) is 11.9 Å². The molecule has 1 aliphatic rings. The van der Waals surface area contributed by atoms with Crippen molar-refractivity contribution in [3.05, 3.63) is 29.6 Å². The zero-order chi connectivity index (χ0) is 15.2. The molecule has 5 heteroatoms. The van der Waals surface area contributed by atoms with Crippen LogP contribution in [0.2, 0.25) is 0 Å². The van der Waals surface area contributed by atoms with Gasteiger partial charge in [-0.1, -0.05) is 13.3 Å². The molecule has 1 saturated carbocycles. The van der Waals surface area contributed by atoms with Crippen molar-refractivity contribution in [2.45, 2.75) is 51.5 Å². The number of rotatable bonds is 5. The molecule has 1 aliphatic carbocycles. The Hall–Kier alpha value is -1.16. The number of hydrogen-bond acceptors (Lipinski definition) is 1. The van der Waals surface area contributed by atoms with E-state index in [1.807, 2.05) is 6.92 Å². The van der Waals surface area contributed by atoms with Crippen molar-refractivity contribution in [1.29, 1.82) is 0 Å². The minimum absolute atomic E-state index is 0.210. The fraction of sp³-hybridized carbons (Fsp3) is 0.562. The maximum Gasteiger partial charge on any atom is 0.184 e. The molecule has 0 spiro atoms. The maximum atomic E-state index is 14.2. The van der Waals surface area contributed by atoms with E-state index >= 15 is 0 Å². The second kappa shape index (κ2) is 5.24. The summed E-state index contributed by atoms with van der Waals surface area (Å²) in [4.78, 5) is 4.41. The lowest BCUT2D eigenvalue weighted by atomic mass is 10.0. The Labute approximate surface area is 128 Å². The highest BCUT2D eigenvalue weighted by Gasteiger charge is 2.42. The maximum absolute atomic E-state index is 14.2. The van der Waals surface area contributed by atoms with Gasteiger partial charge < -0.3 is 4.57 Å². The van der Waals surface area contributed by atoms with Gasteiger partial charge >= 0.3 is 0 Å². The topological polar surface area (TPSA) is 17.8 Å². The summed E-state index contributed by atoms with van der Waals surface area (Å²) in [6, 6.07) is 2.64. The van der Waals surface area contributed by atoms with Crippen LogP contribution in [0.1, 0.15) is 50.7 Å². The molecule has 2 aromatic rings. The van der Waals surface area contributed by atoms with Crippen LogP contribution in [0, 0.1) is 17.0 Å². The number of alkyl halides is 1. The number of aromatic nitrogens is 2. The van der Waals surface area contributed by atoms with Gasteiger partial charge in [-0.3, -0.25) is 0 Å². The van der Waals surface area contributed by atoms with E-state index < -0.39 is 11.6 Å². The van der Waals surface area contributed by atoms with Gasteiger partial charge in [-0.25, -0.2) is 13.8 Å². The Kier molecular flexibility index (Phi) is 3.68. The number of hydrogen-bond donors (Lipinski definition) is 0. The first-order chi connectivity index (χ1) is 9.97. The second-order valence-corrected chi connectivity index (χ2v) is 6.81. The second-order valence-electron chi connectivity index (χ2n) is 6.15. The van der Waals surface area contributed by atoms with Crippen molar-refractivity contribution in [3.63, 3.8) is 0 Å². The summed E-state index contributed by atoms with van der Waals surface area (Å²) in [5.74, 6) is -1.04. The molecule has 0 N–H and O–H groups in total. The van der Waals surface area contributed by atoms with E-state index in [1.54, 1.807) is 4.57 Å². The number of fused-ring (bicyclic) bond motifs is 1. The molecule has 0 radical (unpaired) electrons. The lowest BCUT2D eigenvalue weighted by Crippen LogP contribution is -2.15. The normalized spacial score (nSPS) is 18.1. The molecular weight excluding hydrogens is 294 g/mol. The molecule has 0 amide bonds. The summed E-state index contributed by atoms with van der Waals surface area (Å²) in [6.07, 6.45) is 4.45. The molecule has 21 heavy (non-hydrogen) atoms. The standard InChI is InChI=1S/C16H19ClF2N2/c1-3-6-16(7-8-16)9-21-14-12(20-15(21)10(2)17)5-4-11(18)13(14)19/h4-5,10H,3,6-9H2,1-2H3. The predicted molar refractivity (Wildman–Crippen MR) is 80.5 cm³/mol. The summed E-state index contributed by atoms with van der Waals surface area (Å²) < 4.78 is 29.6. The van der Waals surface area contributed by atoms with Gasteiger partial charge in [0, 0.05) is 6.54 Å². The molecule has 1 fully saturated rings. The third-order valence-corrected chi connectivity index (χ3v) is 4.61. The lowest BCUT2D eigenvalue weighted by molar-refractivity contribution is 0.384. The Morgan fingerprint density at radius 1 is 1.38 bits per heavy atom. The van der Waals surface area contributed by atoms with Crippen LogP contribution >= 0.6 is 11.6 Å². The van der Waals surface area contributed by atoms with Crippen LogP contribution in [-0.2, 0) is 6.54 Å². The van der Waals surface area contributed by atoms with Crippen molar-refractivity contribution in [2.24, 2.45) is 5.41 Å². The van der Waals surface area contributed by atoms with E-state index in [0.717, 1.165) is 31.7 Å². The summed E-state index contributed by atoms with van der Waals surface area (Å²) in [6.45, 7) is 4.63. The Morgan fingerprint density at radius 2 is 2.10 bits per heavy atom. The van der Waals surface area contributed by atoms with E-state index in [0.29, 0.717) is 17.9 Å². The van der Waals surface area contributed by atoms with Crippen LogP contribution in [0.25, 0.3) is 11.0 Å². The van der Waals surface area contributed by atoms with Crippen molar-refractivity contribution in [2.75, 3.05) is 0 Å². The third-order valence-electron chi connectivity index (χ3n) is 4.42. The molecule has 0 bridgehead atoms. The van der Waals surface area contributed by atoms with Gasteiger partial charge in [-0.05, 0) is 43.7 Å². The Morgan fingerprint density at radius 3 is 2.67 bits per heavy atom. The zero-order valence-electron chi connectivity index (χ0n) is 12.3. The molecule has 0 aliphatic heterocycles. The smallest absolute Gasteiger partial charge is 0.184 e. The molecule has 2 nitrogen and oxygen atoms in total. The van der Waals surface area contributed by atoms with E-state index in [4.69, 9.17) is 11.6 Å². The molecule has 1 unspecified atom stereocenters. The fourth-order valence-corrected chi connectivity index (χ4v) is 3.34. The number of halogens is 3. The minimum Gasteiger partial charge on any atom is -0.324 e. The van der Waals surface area contributed by atoms with Crippen molar-refractivity contribution in [3.8, 4) is 0 Å².